The van der Waals surface area contributed by atoms with E-state index in [0.717, 1.165) is 38.8 Å². The second-order valence-corrected chi connectivity index (χ2v) is 15.4. The van der Waals surface area contributed by atoms with Crippen LogP contribution in [0.3, 0.4) is 0 Å². The van der Waals surface area contributed by atoms with Crippen molar-refractivity contribution < 1.29 is 41.8 Å². The fourth-order valence-corrected chi connectivity index (χ4v) is 11.4. The summed E-state index contributed by atoms with van der Waals surface area (Å²) < 4.78 is 51.5. The molecule has 0 spiro atoms. The molecule has 2 bridgehead atoms. The normalized spacial score (nSPS) is 25.8. The number of hydrogen-bond acceptors (Lipinski definition) is 9. The van der Waals surface area contributed by atoms with Gasteiger partial charge in [-0.2, -0.15) is 13.2 Å². The molecular formula is C37H30F3N3O7S2. The monoisotopic (exact) mass is 749 g/mol. The largest absolute Gasteiger partial charge is 0.484 e. The number of nitrogens with one attached hydrogen (secondary N) is 2. The van der Waals surface area contributed by atoms with Gasteiger partial charge < -0.3 is 19.8 Å². The number of ether oxygens (including phenoxy) is 2. The summed E-state index contributed by atoms with van der Waals surface area (Å²) in [4.78, 5) is 69.7. The van der Waals surface area contributed by atoms with Crippen LogP contribution in [-0.4, -0.2) is 47.1 Å². The molecule has 52 heavy (non-hydrogen) atoms. The molecule has 1 saturated heterocycles. The Morgan fingerprint density at radius 3 is 2.42 bits per heavy atom. The van der Waals surface area contributed by atoms with Gasteiger partial charge in [0.25, 0.3) is 5.91 Å². The number of aromatic nitrogens is 1. The molecule has 2 saturated carbocycles. The molecule has 0 radical (unpaired) electrons. The van der Waals surface area contributed by atoms with Gasteiger partial charge >= 0.3 is 17.0 Å². The summed E-state index contributed by atoms with van der Waals surface area (Å²) in [5, 5.41) is 3.31. The number of thiazole rings is 1. The lowest BCUT2D eigenvalue weighted by molar-refractivity contribution is -0.137. The SMILES string of the molecule is CCOC(=O)c1ccc(NC(=O)COc2cccc([C@H]3c4sc(=O)[nH]c4SC4C5CC(C6C(=O)N(c7cccc(C(F)(F)F)c7)C(=O)C56)C43)c2)cc1. The Labute approximate surface area is 302 Å². The fourth-order valence-electron chi connectivity index (χ4n) is 8.51. The van der Waals surface area contributed by atoms with Crippen molar-refractivity contribution in [3.05, 3.63) is 104 Å². The summed E-state index contributed by atoms with van der Waals surface area (Å²) in [6.07, 6.45) is -4.02. The van der Waals surface area contributed by atoms with Crippen LogP contribution in [0.15, 0.2) is 82.6 Å². The van der Waals surface area contributed by atoms with Gasteiger partial charge in [0.15, 0.2) is 6.61 Å². The number of fused-ring (bicyclic) bond motifs is 9. The molecule has 15 heteroatoms. The molecule has 3 aromatic carbocycles. The zero-order chi connectivity index (χ0) is 36.5. The lowest BCUT2D eigenvalue weighted by Gasteiger charge is -2.43. The van der Waals surface area contributed by atoms with Crippen LogP contribution in [0.1, 0.15) is 45.6 Å². The zero-order valence-electron chi connectivity index (χ0n) is 27.3. The number of benzene rings is 3. The Morgan fingerprint density at radius 1 is 0.962 bits per heavy atom. The summed E-state index contributed by atoms with van der Waals surface area (Å²) >= 11 is 2.60. The summed E-state index contributed by atoms with van der Waals surface area (Å²) in [5.74, 6) is -3.75. The Kier molecular flexibility index (Phi) is 8.52. The van der Waals surface area contributed by atoms with Crippen LogP contribution in [0.25, 0.3) is 0 Å². The smallest absolute Gasteiger partial charge is 0.416 e. The van der Waals surface area contributed by atoms with Crippen molar-refractivity contribution in [3.8, 4) is 5.75 Å². The lowest BCUT2D eigenvalue weighted by atomic mass is 9.68. The van der Waals surface area contributed by atoms with Crippen LogP contribution in [0.2, 0.25) is 0 Å². The molecule has 268 valence electrons. The number of carbonyl (C=O) groups is 4. The minimum atomic E-state index is -4.63. The number of rotatable bonds is 8. The fraction of sp³-hybridized carbons (Fsp3) is 0.324. The third-order valence-corrected chi connectivity index (χ3v) is 13.0. The van der Waals surface area contributed by atoms with E-state index >= 15 is 0 Å². The van der Waals surface area contributed by atoms with Crippen molar-refractivity contribution in [3.63, 3.8) is 0 Å². The van der Waals surface area contributed by atoms with Gasteiger partial charge in [-0.25, -0.2) is 4.79 Å². The first-order chi connectivity index (χ1) is 24.9. The molecule has 8 rings (SSSR count). The molecule has 6 unspecified atom stereocenters. The summed E-state index contributed by atoms with van der Waals surface area (Å²) in [6, 6.07) is 17.8. The van der Waals surface area contributed by atoms with Gasteiger partial charge in [0.05, 0.1) is 40.3 Å². The van der Waals surface area contributed by atoms with E-state index in [0.29, 0.717) is 28.4 Å². The predicted octanol–water partition coefficient (Wildman–Crippen LogP) is 6.33. The van der Waals surface area contributed by atoms with E-state index in [1.807, 2.05) is 12.1 Å². The van der Waals surface area contributed by atoms with E-state index in [1.165, 1.54) is 23.9 Å². The van der Waals surface area contributed by atoms with Gasteiger partial charge in [-0.05, 0) is 91.3 Å². The predicted molar refractivity (Wildman–Crippen MR) is 185 cm³/mol. The number of alkyl halides is 3. The van der Waals surface area contributed by atoms with E-state index in [-0.39, 0.29) is 52.7 Å². The van der Waals surface area contributed by atoms with Gasteiger partial charge in [-0.3, -0.25) is 24.1 Å². The number of nitrogens with zero attached hydrogens (tertiary/aromatic N) is 1. The first-order valence-corrected chi connectivity index (χ1v) is 18.4. The minimum absolute atomic E-state index is 0.0863. The first-order valence-electron chi connectivity index (χ1n) is 16.7. The summed E-state index contributed by atoms with van der Waals surface area (Å²) in [6.45, 7) is 1.65. The molecule has 2 N–H and O–H groups in total. The number of H-pyrrole nitrogens is 1. The van der Waals surface area contributed by atoms with Crippen LogP contribution in [0, 0.1) is 29.6 Å². The maximum Gasteiger partial charge on any atom is 0.416 e. The molecule has 2 aliphatic heterocycles. The zero-order valence-corrected chi connectivity index (χ0v) is 29.0. The van der Waals surface area contributed by atoms with E-state index in [4.69, 9.17) is 9.47 Å². The van der Waals surface area contributed by atoms with E-state index in [9.17, 15) is 37.1 Å². The van der Waals surface area contributed by atoms with E-state index in [1.54, 1.807) is 43.3 Å². The van der Waals surface area contributed by atoms with Gasteiger partial charge in [0.2, 0.25) is 11.8 Å². The van der Waals surface area contributed by atoms with Crippen molar-refractivity contribution in [2.75, 3.05) is 23.4 Å². The van der Waals surface area contributed by atoms with E-state index < -0.39 is 47.3 Å². The maximum absolute atomic E-state index is 14.0. The second kappa shape index (κ2) is 13.0. The van der Waals surface area contributed by atoms with Crippen LogP contribution >= 0.6 is 23.1 Å². The molecular weight excluding hydrogens is 720 g/mol. The maximum atomic E-state index is 14.0. The van der Waals surface area contributed by atoms with Crippen molar-refractivity contribution in [1.29, 1.82) is 0 Å². The highest BCUT2D eigenvalue weighted by molar-refractivity contribution is 8.00. The Bertz CT molecular complexity index is 2170. The molecule has 4 aromatic rings. The summed E-state index contributed by atoms with van der Waals surface area (Å²) in [5.41, 5.74) is 0.617. The van der Waals surface area contributed by atoms with Gasteiger partial charge in [-0.1, -0.05) is 29.5 Å². The number of aromatic amines is 1. The van der Waals surface area contributed by atoms with Gasteiger partial charge in [-0.15, -0.1) is 11.8 Å². The third-order valence-electron chi connectivity index (χ3n) is 10.4. The average molecular weight is 750 g/mol. The van der Waals surface area contributed by atoms with Crippen LogP contribution in [0.5, 0.6) is 5.75 Å². The molecule has 4 aliphatic rings. The second-order valence-electron chi connectivity index (χ2n) is 13.2. The first kappa shape index (κ1) is 34.2. The highest BCUT2D eigenvalue weighted by Gasteiger charge is 2.69. The molecule has 7 atom stereocenters. The van der Waals surface area contributed by atoms with Crippen LogP contribution in [-0.2, 0) is 25.3 Å². The number of carbonyl (C=O) groups excluding carboxylic acids is 4. The molecule has 10 nitrogen and oxygen atoms in total. The minimum Gasteiger partial charge on any atom is -0.484 e. The van der Waals surface area contributed by atoms with Crippen molar-refractivity contribution in [2.24, 2.45) is 29.6 Å². The third kappa shape index (κ3) is 5.79. The van der Waals surface area contributed by atoms with Crippen LogP contribution < -0.4 is 19.8 Å². The summed E-state index contributed by atoms with van der Waals surface area (Å²) in [7, 11) is 0. The average Bonchev–Trinajstić information content (AvgIpc) is 3.86. The van der Waals surface area contributed by atoms with Gasteiger partial charge in [0.1, 0.15) is 5.75 Å². The quantitative estimate of drug-likeness (QED) is 0.158. The Morgan fingerprint density at radius 2 is 1.69 bits per heavy atom. The van der Waals surface area contributed by atoms with E-state index in [2.05, 4.69) is 10.3 Å². The van der Waals surface area contributed by atoms with Crippen molar-refractivity contribution >= 4 is 58.2 Å². The highest BCUT2D eigenvalue weighted by atomic mass is 32.2. The number of thioether (sulfide) groups is 1. The lowest BCUT2D eigenvalue weighted by Crippen LogP contribution is -2.42. The molecule has 3 amide bonds. The number of hydrogen-bond donors (Lipinski definition) is 2. The molecule has 3 fully saturated rings. The van der Waals surface area contributed by atoms with Crippen molar-refractivity contribution in [2.45, 2.75) is 35.7 Å². The van der Waals surface area contributed by atoms with Crippen molar-refractivity contribution in [1.82, 2.24) is 4.98 Å². The number of halogens is 3. The number of esters is 1. The number of anilines is 2. The molecule has 2 aliphatic carbocycles. The highest BCUT2D eigenvalue weighted by Crippen LogP contribution is 2.68. The van der Waals surface area contributed by atoms with Gasteiger partial charge in [0, 0.05) is 21.7 Å². The standard InChI is InChI=1S/C37H30F3N3O7S2/c1-2-49-35(47)17-9-11-20(12-10-17)41-25(44)16-50-22-8-3-5-18(13-22)26-27-23-15-24(30(27)51-32-31(26)52-36(48)42-32)29-28(23)33(45)43(34(29)46)21-7-4-6-19(14-21)37(38,39)40/h3-14,23-24,26-30H,2,15-16H2,1H3,(H,41,44)(H,42,48)/t23?,24?,26-,27?,28?,29?,30?/m1/s1. The molecule has 1 aromatic heterocycles. The Balaban J connectivity index is 1.03. The number of amides is 3. The topological polar surface area (TPSA) is 135 Å². The Hall–Kier alpha value is -4.89. The molecule has 3 heterocycles. The van der Waals surface area contributed by atoms with Crippen LogP contribution in [0.4, 0.5) is 24.5 Å². The number of imide groups is 1.